The number of benzene rings is 1. The van der Waals surface area contributed by atoms with Crippen LogP contribution in [0.15, 0.2) is 45.6 Å². The van der Waals surface area contributed by atoms with Crippen molar-refractivity contribution >= 4 is 44.8 Å². The van der Waals surface area contributed by atoms with Crippen LogP contribution < -0.4 is 5.56 Å². The lowest BCUT2D eigenvalue weighted by Crippen LogP contribution is -2.12. The second-order valence-corrected chi connectivity index (χ2v) is 8.70. The molecule has 0 fully saturated rings. The Hall–Kier alpha value is -3.14. The van der Waals surface area contributed by atoms with Gasteiger partial charge in [-0.25, -0.2) is 4.98 Å². The Morgan fingerprint density at radius 3 is 2.80 bits per heavy atom. The minimum absolute atomic E-state index is 0.183. The van der Waals surface area contributed by atoms with Gasteiger partial charge in [-0.15, -0.1) is 11.3 Å². The molecule has 1 aliphatic carbocycles. The first kappa shape index (κ1) is 18.9. The molecule has 7 heteroatoms. The third kappa shape index (κ3) is 3.36. The molecule has 5 nitrogen and oxygen atoms in total. The molecule has 0 saturated heterocycles. The minimum Gasteiger partial charge on any atom is -0.457 e. The van der Waals surface area contributed by atoms with E-state index in [1.54, 1.807) is 35.6 Å². The number of nitrogens with one attached hydrogen (secondary N) is 1. The summed E-state index contributed by atoms with van der Waals surface area (Å²) in [5, 5.41) is 11.0. The van der Waals surface area contributed by atoms with Gasteiger partial charge in [0, 0.05) is 21.5 Å². The van der Waals surface area contributed by atoms with E-state index < -0.39 is 0 Å². The summed E-state index contributed by atoms with van der Waals surface area (Å²) >= 11 is 7.50. The van der Waals surface area contributed by atoms with Crippen LogP contribution in [-0.4, -0.2) is 9.97 Å². The van der Waals surface area contributed by atoms with Gasteiger partial charge in [0.2, 0.25) is 0 Å². The molecule has 1 aliphatic rings. The molecule has 0 saturated carbocycles. The molecule has 148 valence electrons. The normalized spacial score (nSPS) is 13.9. The fraction of sp³-hybridized carbons (Fsp3) is 0.174. The number of H-pyrrole nitrogens is 1. The van der Waals surface area contributed by atoms with E-state index in [0.717, 1.165) is 36.8 Å². The predicted molar refractivity (Wildman–Crippen MR) is 120 cm³/mol. The average molecular weight is 434 g/mol. The summed E-state index contributed by atoms with van der Waals surface area (Å²) in [6.45, 7) is 0. The Morgan fingerprint density at radius 1 is 1.20 bits per heavy atom. The Bertz CT molecular complexity index is 1390. The number of fused-ring (bicyclic) bond motifs is 3. The number of hydrogen-bond donors (Lipinski definition) is 1. The van der Waals surface area contributed by atoms with Crippen LogP contribution in [0, 0.1) is 11.3 Å². The van der Waals surface area contributed by atoms with Crippen LogP contribution >= 0.6 is 22.9 Å². The van der Waals surface area contributed by atoms with Crippen molar-refractivity contribution in [3.8, 4) is 17.4 Å². The number of nitriles is 1. The van der Waals surface area contributed by atoms with Gasteiger partial charge in [-0.3, -0.25) is 4.79 Å². The van der Waals surface area contributed by atoms with Crippen LogP contribution in [0.1, 0.15) is 34.9 Å². The molecule has 3 aromatic heterocycles. The third-order valence-corrected chi connectivity index (χ3v) is 6.68. The summed E-state index contributed by atoms with van der Waals surface area (Å²) in [4.78, 5) is 22.1. The molecule has 0 unspecified atom stereocenters. The maximum atomic E-state index is 12.8. The van der Waals surface area contributed by atoms with Crippen molar-refractivity contribution in [3.63, 3.8) is 0 Å². The first-order chi connectivity index (χ1) is 14.6. The molecule has 5 rings (SSSR count). The van der Waals surface area contributed by atoms with E-state index >= 15 is 0 Å². The van der Waals surface area contributed by atoms with Crippen LogP contribution in [0.5, 0.6) is 0 Å². The van der Waals surface area contributed by atoms with Crippen molar-refractivity contribution in [2.75, 3.05) is 0 Å². The van der Waals surface area contributed by atoms with Gasteiger partial charge < -0.3 is 9.40 Å². The monoisotopic (exact) mass is 433 g/mol. The summed E-state index contributed by atoms with van der Waals surface area (Å²) in [7, 11) is 0. The van der Waals surface area contributed by atoms with Gasteiger partial charge >= 0.3 is 0 Å². The Kier molecular flexibility index (Phi) is 4.78. The topological polar surface area (TPSA) is 82.7 Å². The molecule has 30 heavy (non-hydrogen) atoms. The quantitative estimate of drug-likeness (QED) is 0.411. The predicted octanol–water partition coefficient (Wildman–Crippen LogP) is 5.84. The number of halogens is 1. The van der Waals surface area contributed by atoms with Crippen molar-refractivity contribution in [2.45, 2.75) is 25.7 Å². The second-order valence-electron chi connectivity index (χ2n) is 7.18. The molecule has 0 radical (unpaired) electrons. The van der Waals surface area contributed by atoms with E-state index in [1.165, 1.54) is 4.88 Å². The summed E-state index contributed by atoms with van der Waals surface area (Å²) in [6.07, 6.45) is 5.74. The first-order valence-electron chi connectivity index (χ1n) is 9.65. The number of rotatable bonds is 3. The number of furan rings is 1. The molecule has 4 aromatic rings. The van der Waals surface area contributed by atoms with Crippen LogP contribution in [-0.2, 0) is 12.8 Å². The van der Waals surface area contributed by atoms with Crippen molar-refractivity contribution in [1.82, 2.24) is 9.97 Å². The molecule has 0 amide bonds. The summed E-state index contributed by atoms with van der Waals surface area (Å²) in [5.74, 6) is 1.43. The molecule has 3 heterocycles. The zero-order valence-corrected chi connectivity index (χ0v) is 17.4. The van der Waals surface area contributed by atoms with E-state index in [2.05, 4.69) is 16.0 Å². The smallest absolute Gasteiger partial charge is 0.260 e. The zero-order valence-electron chi connectivity index (χ0n) is 15.9. The summed E-state index contributed by atoms with van der Waals surface area (Å²) in [6, 6.07) is 13.1. The maximum absolute atomic E-state index is 12.8. The number of aromatic amines is 1. The van der Waals surface area contributed by atoms with E-state index in [9.17, 15) is 10.1 Å². The van der Waals surface area contributed by atoms with Crippen molar-refractivity contribution < 1.29 is 4.42 Å². The highest BCUT2D eigenvalue weighted by Gasteiger charge is 2.20. The molecule has 1 aromatic carbocycles. The molecule has 0 spiro atoms. The van der Waals surface area contributed by atoms with Gasteiger partial charge in [0.1, 0.15) is 22.4 Å². The highest BCUT2D eigenvalue weighted by molar-refractivity contribution is 7.18. The first-order valence-corrected chi connectivity index (χ1v) is 10.8. The number of nitrogens with zero attached hydrogens (tertiary/aromatic N) is 2. The van der Waals surface area contributed by atoms with E-state index in [-0.39, 0.29) is 17.0 Å². The summed E-state index contributed by atoms with van der Waals surface area (Å²) in [5.41, 5.74) is 2.08. The standard InChI is InChI=1S/C23H16ClN3O2S/c24-15-7-5-13(6-8-15)18-10-9-16(29-18)11-14(12-25)21-26-22(28)20-17-3-1-2-4-19(17)30-23(20)27-21/h5-11H,1-4H2,(H,26,27,28)/b14-11+. The lowest BCUT2D eigenvalue weighted by molar-refractivity contribution is 0.572. The van der Waals surface area contributed by atoms with Gasteiger partial charge in [0.15, 0.2) is 5.82 Å². The third-order valence-electron chi connectivity index (χ3n) is 5.24. The fourth-order valence-corrected chi connectivity index (χ4v) is 5.18. The van der Waals surface area contributed by atoms with Gasteiger partial charge in [0.05, 0.1) is 11.0 Å². The Morgan fingerprint density at radius 2 is 2.00 bits per heavy atom. The largest absolute Gasteiger partial charge is 0.457 e. The number of aryl methyl sites for hydroxylation is 2. The highest BCUT2D eigenvalue weighted by atomic mass is 35.5. The van der Waals surface area contributed by atoms with Crippen molar-refractivity contribution in [3.05, 3.63) is 73.8 Å². The zero-order chi connectivity index (χ0) is 20.7. The van der Waals surface area contributed by atoms with Crippen molar-refractivity contribution in [1.29, 1.82) is 5.26 Å². The molecule has 1 N–H and O–H groups in total. The average Bonchev–Trinajstić information content (AvgIpc) is 3.37. The van der Waals surface area contributed by atoms with Crippen molar-refractivity contribution in [2.24, 2.45) is 0 Å². The van der Waals surface area contributed by atoms with Crippen LogP contribution in [0.3, 0.4) is 0 Å². The van der Waals surface area contributed by atoms with Crippen LogP contribution in [0.4, 0.5) is 0 Å². The minimum atomic E-state index is -0.183. The lowest BCUT2D eigenvalue weighted by atomic mass is 9.97. The summed E-state index contributed by atoms with van der Waals surface area (Å²) < 4.78 is 5.86. The van der Waals surface area contributed by atoms with Gasteiger partial charge in [-0.2, -0.15) is 5.26 Å². The Balaban J connectivity index is 1.53. The van der Waals surface area contributed by atoms with Gasteiger partial charge in [0.25, 0.3) is 5.56 Å². The van der Waals surface area contributed by atoms with Gasteiger partial charge in [-0.1, -0.05) is 11.6 Å². The number of aromatic nitrogens is 2. The fourth-order valence-electron chi connectivity index (χ4n) is 3.79. The SMILES string of the molecule is N#C/C(=C\c1ccc(-c2ccc(Cl)cc2)o1)c1nc2sc3c(c2c(=O)[nH]1)CCCC3. The highest BCUT2D eigenvalue weighted by Crippen LogP contribution is 2.34. The number of allylic oxidation sites excluding steroid dienone is 1. The van der Waals surface area contributed by atoms with Gasteiger partial charge in [-0.05, 0) is 67.6 Å². The van der Waals surface area contributed by atoms with Crippen LogP contribution in [0.25, 0.3) is 33.2 Å². The second kappa shape index (κ2) is 7.60. The molecule has 0 bridgehead atoms. The van der Waals surface area contributed by atoms with E-state index in [1.807, 2.05) is 18.2 Å². The molecular weight excluding hydrogens is 418 g/mol. The molecule has 0 atom stereocenters. The lowest BCUT2D eigenvalue weighted by Gasteiger charge is -2.09. The Labute approximate surface area is 181 Å². The molecule has 0 aliphatic heterocycles. The number of thiophene rings is 1. The number of hydrogen-bond acceptors (Lipinski definition) is 5. The van der Waals surface area contributed by atoms with Crippen LogP contribution in [0.2, 0.25) is 5.02 Å². The molecular formula is C23H16ClN3O2S. The van der Waals surface area contributed by atoms with E-state index in [4.69, 9.17) is 16.0 Å². The van der Waals surface area contributed by atoms with E-state index in [0.29, 0.717) is 26.8 Å². The maximum Gasteiger partial charge on any atom is 0.260 e.